The Morgan fingerprint density at radius 2 is 1.76 bits per heavy atom. The quantitative estimate of drug-likeness (QED) is 0.461. The van der Waals surface area contributed by atoms with Crippen molar-refractivity contribution in [3.05, 3.63) is 77.5 Å². The van der Waals surface area contributed by atoms with Crippen LogP contribution in [0.2, 0.25) is 0 Å². The minimum absolute atomic E-state index is 0.321. The molecule has 0 amide bonds. The number of nitrogens with zero attached hydrogens (tertiary/aromatic N) is 4. The SMILES string of the molecule is Cc1ccnc(N2CCN(CCc3c(-c4ccc(O)cc4)n4c5c(cccc35)CCC4)CC2)c1. The van der Waals surface area contributed by atoms with Gasteiger partial charge < -0.3 is 14.6 Å². The third-order valence-corrected chi connectivity index (χ3v) is 7.51. The smallest absolute Gasteiger partial charge is 0.128 e. The van der Waals surface area contributed by atoms with Gasteiger partial charge in [0.25, 0.3) is 0 Å². The lowest BCUT2D eigenvalue weighted by molar-refractivity contribution is 0.260. The predicted molar refractivity (Wildman–Crippen MR) is 139 cm³/mol. The molecule has 0 spiro atoms. The molecule has 1 fully saturated rings. The normalized spacial score (nSPS) is 16.3. The summed E-state index contributed by atoms with van der Waals surface area (Å²) in [6.45, 7) is 8.42. The molecular formula is C29H32N4O. The van der Waals surface area contributed by atoms with E-state index in [1.165, 1.54) is 45.3 Å². The van der Waals surface area contributed by atoms with Crippen LogP contribution in [0.25, 0.3) is 22.2 Å². The lowest BCUT2D eigenvalue weighted by Gasteiger charge is -2.35. The van der Waals surface area contributed by atoms with E-state index < -0.39 is 0 Å². The maximum absolute atomic E-state index is 9.87. The zero-order chi connectivity index (χ0) is 23.1. The standard InChI is InChI=1S/C29H32N4O/c1-21-11-13-30-27(20-21)32-18-16-31(17-19-32)15-12-26-25-6-2-4-22-5-3-14-33(28(22)25)29(26)23-7-9-24(34)10-8-23/h2,4,6-11,13,20,34H,3,5,12,14-19H2,1H3. The second-order valence-electron chi connectivity index (χ2n) is 9.71. The Kier molecular flexibility index (Phi) is 5.50. The maximum atomic E-state index is 9.87. The number of pyridine rings is 1. The van der Waals surface area contributed by atoms with E-state index in [9.17, 15) is 5.11 Å². The molecule has 2 aliphatic rings. The summed E-state index contributed by atoms with van der Waals surface area (Å²) in [5.41, 5.74) is 8.14. The molecular weight excluding hydrogens is 420 g/mol. The number of aryl methyl sites for hydroxylation is 3. The van der Waals surface area contributed by atoms with Gasteiger partial charge in [-0.15, -0.1) is 0 Å². The third kappa shape index (κ3) is 3.84. The van der Waals surface area contributed by atoms with Gasteiger partial charge in [0, 0.05) is 50.9 Å². The fourth-order valence-electron chi connectivity index (χ4n) is 5.77. The third-order valence-electron chi connectivity index (χ3n) is 7.51. The van der Waals surface area contributed by atoms with Crippen molar-refractivity contribution >= 4 is 16.7 Å². The molecule has 0 saturated carbocycles. The molecule has 0 unspecified atom stereocenters. The second-order valence-corrected chi connectivity index (χ2v) is 9.71. The first-order chi connectivity index (χ1) is 16.7. The number of para-hydroxylation sites is 1. The number of piperazine rings is 1. The van der Waals surface area contributed by atoms with Crippen LogP contribution in [0.4, 0.5) is 5.82 Å². The van der Waals surface area contributed by atoms with Crippen LogP contribution in [0.1, 0.15) is 23.1 Å². The van der Waals surface area contributed by atoms with Gasteiger partial charge in [-0.1, -0.05) is 18.2 Å². The van der Waals surface area contributed by atoms with Crippen LogP contribution in [0.3, 0.4) is 0 Å². The number of rotatable bonds is 5. The zero-order valence-electron chi connectivity index (χ0n) is 19.9. The molecule has 174 valence electrons. The largest absolute Gasteiger partial charge is 0.508 e. The molecule has 4 aromatic rings. The average Bonchev–Trinajstić information content (AvgIpc) is 3.19. The van der Waals surface area contributed by atoms with E-state index in [-0.39, 0.29) is 0 Å². The molecule has 4 heterocycles. The Labute approximate surface area is 201 Å². The molecule has 34 heavy (non-hydrogen) atoms. The summed E-state index contributed by atoms with van der Waals surface area (Å²) in [7, 11) is 0. The Morgan fingerprint density at radius 1 is 0.941 bits per heavy atom. The van der Waals surface area contributed by atoms with Crippen LogP contribution in [0, 0.1) is 6.92 Å². The van der Waals surface area contributed by atoms with Crippen LogP contribution >= 0.6 is 0 Å². The Bertz CT molecular complexity index is 1320. The summed E-state index contributed by atoms with van der Waals surface area (Å²) in [5.74, 6) is 1.42. The van der Waals surface area contributed by atoms with Gasteiger partial charge in [0.2, 0.25) is 0 Å². The fourth-order valence-corrected chi connectivity index (χ4v) is 5.77. The first-order valence-electron chi connectivity index (χ1n) is 12.5. The van der Waals surface area contributed by atoms with Gasteiger partial charge in [0.05, 0.1) is 11.2 Å². The number of phenols is 1. The molecule has 6 rings (SSSR count). The molecule has 2 aromatic heterocycles. The highest BCUT2D eigenvalue weighted by atomic mass is 16.3. The molecule has 0 bridgehead atoms. The summed E-state index contributed by atoms with van der Waals surface area (Å²) >= 11 is 0. The molecule has 2 aliphatic heterocycles. The number of anilines is 1. The molecule has 0 aliphatic carbocycles. The van der Waals surface area contributed by atoms with Crippen LogP contribution in [0.5, 0.6) is 5.75 Å². The lowest BCUT2D eigenvalue weighted by Crippen LogP contribution is -2.47. The average molecular weight is 453 g/mol. The van der Waals surface area contributed by atoms with Gasteiger partial charge in [0.1, 0.15) is 11.6 Å². The summed E-state index contributed by atoms with van der Waals surface area (Å²) in [4.78, 5) is 9.59. The minimum atomic E-state index is 0.321. The second kappa shape index (κ2) is 8.80. The van der Waals surface area contributed by atoms with Crippen molar-refractivity contribution in [3.63, 3.8) is 0 Å². The molecule has 1 saturated heterocycles. The fraction of sp³-hybridized carbons (Fsp3) is 0.345. The Hall–Kier alpha value is -3.31. The summed E-state index contributed by atoms with van der Waals surface area (Å²) < 4.78 is 2.54. The minimum Gasteiger partial charge on any atom is -0.508 e. The first-order valence-corrected chi connectivity index (χ1v) is 12.5. The monoisotopic (exact) mass is 452 g/mol. The zero-order valence-corrected chi connectivity index (χ0v) is 19.9. The van der Waals surface area contributed by atoms with E-state index in [0.717, 1.165) is 57.9 Å². The predicted octanol–water partition coefficient (Wildman–Crippen LogP) is 5.03. The summed E-state index contributed by atoms with van der Waals surface area (Å²) in [6.07, 6.45) is 5.29. The van der Waals surface area contributed by atoms with Gasteiger partial charge in [-0.2, -0.15) is 0 Å². The van der Waals surface area contributed by atoms with E-state index in [1.54, 1.807) is 0 Å². The van der Waals surface area contributed by atoms with E-state index in [0.29, 0.717) is 5.75 Å². The molecule has 1 N–H and O–H groups in total. The number of aromatic nitrogens is 2. The van der Waals surface area contributed by atoms with Crippen molar-refractivity contribution in [2.24, 2.45) is 0 Å². The van der Waals surface area contributed by atoms with Crippen molar-refractivity contribution < 1.29 is 5.11 Å². The lowest BCUT2D eigenvalue weighted by atomic mass is 10.00. The highest BCUT2D eigenvalue weighted by Gasteiger charge is 2.24. The molecule has 2 aromatic carbocycles. The topological polar surface area (TPSA) is 44.5 Å². The van der Waals surface area contributed by atoms with Crippen LogP contribution in [0.15, 0.2) is 60.8 Å². The van der Waals surface area contributed by atoms with Crippen molar-refractivity contribution in [3.8, 4) is 17.0 Å². The van der Waals surface area contributed by atoms with E-state index >= 15 is 0 Å². The molecule has 5 nitrogen and oxygen atoms in total. The number of phenolic OH excluding ortho intramolecular Hbond substituents is 1. The van der Waals surface area contributed by atoms with Gasteiger partial charge in [-0.3, -0.25) is 4.90 Å². The Morgan fingerprint density at radius 3 is 2.56 bits per heavy atom. The van der Waals surface area contributed by atoms with Crippen molar-refractivity contribution in [2.45, 2.75) is 32.7 Å². The van der Waals surface area contributed by atoms with Crippen molar-refractivity contribution in [1.29, 1.82) is 0 Å². The maximum Gasteiger partial charge on any atom is 0.128 e. The van der Waals surface area contributed by atoms with E-state index in [1.807, 2.05) is 18.3 Å². The van der Waals surface area contributed by atoms with Gasteiger partial charge in [-0.05, 0) is 84.8 Å². The number of benzene rings is 2. The van der Waals surface area contributed by atoms with Gasteiger partial charge in [-0.25, -0.2) is 4.98 Å². The number of hydrogen-bond donors (Lipinski definition) is 1. The van der Waals surface area contributed by atoms with Gasteiger partial charge in [0.15, 0.2) is 0 Å². The highest BCUT2D eigenvalue weighted by molar-refractivity contribution is 5.94. The van der Waals surface area contributed by atoms with E-state index in [2.05, 4.69) is 68.7 Å². The molecule has 0 radical (unpaired) electrons. The number of aromatic hydroxyl groups is 1. The first kappa shape index (κ1) is 21.2. The van der Waals surface area contributed by atoms with Crippen molar-refractivity contribution in [1.82, 2.24) is 14.5 Å². The number of hydrogen-bond acceptors (Lipinski definition) is 4. The highest BCUT2D eigenvalue weighted by Crippen LogP contribution is 2.39. The molecule has 5 heteroatoms. The molecule has 0 atom stereocenters. The van der Waals surface area contributed by atoms with Crippen LogP contribution < -0.4 is 4.90 Å². The van der Waals surface area contributed by atoms with Gasteiger partial charge >= 0.3 is 0 Å². The van der Waals surface area contributed by atoms with Crippen LogP contribution in [-0.4, -0.2) is 52.3 Å². The van der Waals surface area contributed by atoms with Crippen molar-refractivity contribution in [2.75, 3.05) is 37.6 Å². The van der Waals surface area contributed by atoms with E-state index in [4.69, 9.17) is 0 Å². The summed E-state index contributed by atoms with van der Waals surface area (Å²) in [5, 5.41) is 11.3. The van der Waals surface area contributed by atoms with Crippen LogP contribution in [-0.2, 0) is 19.4 Å². The Balaban J connectivity index is 1.26. The summed E-state index contributed by atoms with van der Waals surface area (Å²) in [6, 6.07) is 18.8.